The maximum absolute atomic E-state index is 9.97. The Balaban J connectivity index is 2.06. The number of likely N-dealkylation sites (N-methyl/N-ethyl adjacent to an activating group) is 1. The van der Waals surface area contributed by atoms with Crippen LogP contribution in [0.15, 0.2) is 54.6 Å². The van der Waals surface area contributed by atoms with Gasteiger partial charge in [0.1, 0.15) is 5.75 Å². The lowest BCUT2D eigenvalue weighted by molar-refractivity contribution is 0.224. The van der Waals surface area contributed by atoms with Crippen molar-refractivity contribution in [2.45, 2.75) is 13.1 Å². The molecule has 21 heavy (non-hydrogen) atoms. The monoisotopic (exact) mass is 284 g/mol. The lowest BCUT2D eigenvalue weighted by Crippen LogP contribution is -2.31. The van der Waals surface area contributed by atoms with Crippen molar-refractivity contribution in [3.63, 3.8) is 0 Å². The van der Waals surface area contributed by atoms with Gasteiger partial charge in [-0.25, -0.2) is 0 Å². The predicted molar refractivity (Wildman–Crippen MR) is 87.2 cm³/mol. The summed E-state index contributed by atoms with van der Waals surface area (Å²) in [6.45, 7) is 3.62. The highest BCUT2D eigenvalue weighted by atomic mass is 16.3. The zero-order chi connectivity index (χ0) is 15.1. The third-order valence-corrected chi connectivity index (χ3v) is 3.50. The van der Waals surface area contributed by atoms with Gasteiger partial charge in [0.05, 0.1) is 0 Å². The van der Waals surface area contributed by atoms with Crippen LogP contribution in [0.1, 0.15) is 11.1 Å². The molecule has 2 rings (SSSR count). The van der Waals surface area contributed by atoms with Crippen LogP contribution in [0.2, 0.25) is 0 Å². The summed E-state index contributed by atoms with van der Waals surface area (Å²) in [5.41, 5.74) is 2.28. The van der Waals surface area contributed by atoms with Gasteiger partial charge in [0, 0.05) is 31.7 Å². The van der Waals surface area contributed by atoms with E-state index in [9.17, 15) is 5.11 Å². The first-order chi connectivity index (χ1) is 10.1. The first-order valence-corrected chi connectivity index (χ1v) is 7.33. The molecule has 0 aliphatic heterocycles. The van der Waals surface area contributed by atoms with Gasteiger partial charge in [-0.2, -0.15) is 0 Å². The number of phenolic OH excluding ortho intramolecular Hbond substituents is 1. The number of phenols is 1. The van der Waals surface area contributed by atoms with Crippen LogP contribution < -0.4 is 0 Å². The molecule has 0 bridgehead atoms. The molecule has 0 aliphatic rings. The number of hydrogen-bond donors (Lipinski definition) is 1. The molecule has 0 aromatic heterocycles. The van der Waals surface area contributed by atoms with E-state index in [4.69, 9.17) is 0 Å². The zero-order valence-corrected chi connectivity index (χ0v) is 12.9. The molecule has 0 radical (unpaired) electrons. The smallest absolute Gasteiger partial charge is 0.120 e. The highest BCUT2D eigenvalue weighted by Gasteiger charge is 2.10. The molecule has 2 aromatic rings. The van der Waals surface area contributed by atoms with Crippen molar-refractivity contribution >= 4 is 0 Å². The number of benzene rings is 2. The number of para-hydroxylation sites is 1. The van der Waals surface area contributed by atoms with Gasteiger partial charge in [-0.1, -0.05) is 48.5 Å². The molecule has 3 heteroatoms. The summed E-state index contributed by atoms with van der Waals surface area (Å²) in [5, 5.41) is 9.97. The second-order valence-electron chi connectivity index (χ2n) is 5.63. The van der Waals surface area contributed by atoms with Gasteiger partial charge >= 0.3 is 0 Å². The van der Waals surface area contributed by atoms with E-state index in [1.807, 2.05) is 24.3 Å². The normalized spacial score (nSPS) is 11.2. The molecular formula is C18H24N2O. The van der Waals surface area contributed by atoms with E-state index in [2.05, 4.69) is 48.2 Å². The van der Waals surface area contributed by atoms with Crippen LogP contribution in [0.4, 0.5) is 0 Å². The Morgan fingerprint density at radius 2 is 1.48 bits per heavy atom. The molecule has 0 saturated heterocycles. The van der Waals surface area contributed by atoms with Gasteiger partial charge in [-0.05, 0) is 25.7 Å². The Labute approximate surface area is 127 Å². The van der Waals surface area contributed by atoms with E-state index in [-0.39, 0.29) is 0 Å². The number of rotatable bonds is 7. The van der Waals surface area contributed by atoms with E-state index >= 15 is 0 Å². The third-order valence-electron chi connectivity index (χ3n) is 3.50. The van der Waals surface area contributed by atoms with Crippen LogP contribution >= 0.6 is 0 Å². The molecule has 0 fully saturated rings. The third kappa shape index (κ3) is 5.21. The fourth-order valence-electron chi connectivity index (χ4n) is 2.28. The van der Waals surface area contributed by atoms with Gasteiger partial charge in [0.15, 0.2) is 0 Å². The van der Waals surface area contributed by atoms with Crippen LogP contribution in [-0.4, -0.2) is 42.1 Å². The van der Waals surface area contributed by atoms with Crippen molar-refractivity contribution in [3.8, 4) is 5.75 Å². The second-order valence-corrected chi connectivity index (χ2v) is 5.63. The van der Waals surface area contributed by atoms with Crippen molar-refractivity contribution in [2.75, 3.05) is 27.2 Å². The first-order valence-electron chi connectivity index (χ1n) is 7.33. The lowest BCUT2D eigenvalue weighted by atomic mass is 10.1. The van der Waals surface area contributed by atoms with Gasteiger partial charge in [-0.3, -0.25) is 4.90 Å². The summed E-state index contributed by atoms with van der Waals surface area (Å²) >= 11 is 0. The van der Waals surface area contributed by atoms with Crippen molar-refractivity contribution in [1.29, 1.82) is 0 Å². The van der Waals surface area contributed by atoms with E-state index in [1.165, 1.54) is 5.56 Å². The van der Waals surface area contributed by atoms with Gasteiger partial charge < -0.3 is 10.0 Å². The summed E-state index contributed by atoms with van der Waals surface area (Å²) in [4.78, 5) is 4.55. The number of hydrogen-bond acceptors (Lipinski definition) is 3. The number of aromatic hydroxyl groups is 1. The summed E-state index contributed by atoms with van der Waals surface area (Å²) in [6, 6.07) is 18.0. The Bertz CT molecular complexity index is 540. The standard InChI is InChI=1S/C18H24N2O/c1-19(2)12-13-20(14-16-8-4-3-5-9-16)15-17-10-6-7-11-18(17)21/h3-11,21H,12-15H2,1-2H3. The molecule has 0 aliphatic carbocycles. The summed E-state index contributed by atoms with van der Waals surface area (Å²) in [6.07, 6.45) is 0. The minimum Gasteiger partial charge on any atom is -0.508 e. The van der Waals surface area contributed by atoms with Crippen LogP contribution in [0, 0.1) is 0 Å². The first kappa shape index (κ1) is 15.5. The molecule has 0 heterocycles. The van der Waals surface area contributed by atoms with Crippen LogP contribution in [0.3, 0.4) is 0 Å². The molecule has 112 valence electrons. The van der Waals surface area contributed by atoms with E-state index in [0.29, 0.717) is 5.75 Å². The fourth-order valence-corrected chi connectivity index (χ4v) is 2.28. The van der Waals surface area contributed by atoms with Crippen LogP contribution in [0.25, 0.3) is 0 Å². The molecule has 0 unspecified atom stereocenters. The maximum atomic E-state index is 9.97. The largest absolute Gasteiger partial charge is 0.508 e. The van der Waals surface area contributed by atoms with E-state index in [0.717, 1.165) is 31.7 Å². The topological polar surface area (TPSA) is 26.7 Å². The van der Waals surface area contributed by atoms with Crippen molar-refractivity contribution in [2.24, 2.45) is 0 Å². The number of nitrogens with zero attached hydrogens (tertiary/aromatic N) is 2. The van der Waals surface area contributed by atoms with Crippen LogP contribution in [-0.2, 0) is 13.1 Å². The maximum Gasteiger partial charge on any atom is 0.120 e. The minimum atomic E-state index is 0.375. The highest BCUT2D eigenvalue weighted by Crippen LogP contribution is 2.18. The molecule has 3 nitrogen and oxygen atoms in total. The molecular weight excluding hydrogens is 260 g/mol. The molecule has 1 N–H and O–H groups in total. The molecule has 0 spiro atoms. The quantitative estimate of drug-likeness (QED) is 0.847. The lowest BCUT2D eigenvalue weighted by Gasteiger charge is -2.24. The van der Waals surface area contributed by atoms with Crippen LogP contribution in [0.5, 0.6) is 5.75 Å². The van der Waals surface area contributed by atoms with Gasteiger partial charge in [0.2, 0.25) is 0 Å². The average Bonchev–Trinajstić information content (AvgIpc) is 2.48. The summed E-state index contributed by atoms with van der Waals surface area (Å²) in [5.74, 6) is 0.375. The van der Waals surface area contributed by atoms with E-state index in [1.54, 1.807) is 6.07 Å². The molecule has 0 atom stereocenters. The molecule has 0 amide bonds. The zero-order valence-electron chi connectivity index (χ0n) is 12.9. The summed E-state index contributed by atoms with van der Waals surface area (Å²) in [7, 11) is 4.17. The Morgan fingerprint density at radius 3 is 2.14 bits per heavy atom. The Hall–Kier alpha value is -1.84. The summed E-state index contributed by atoms with van der Waals surface area (Å²) < 4.78 is 0. The van der Waals surface area contributed by atoms with Gasteiger partial charge in [-0.15, -0.1) is 0 Å². The molecule has 2 aromatic carbocycles. The minimum absolute atomic E-state index is 0.375. The Morgan fingerprint density at radius 1 is 0.810 bits per heavy atom. The fraction of sp³-hybridized carbons (Fsp3) is 0.333. The van der Waals surface area contributed by atoms with Crippen molar-refractivity contribution in [3.05, 3.63) is 65.7 Å². The average molecular weight is 284 g/mol. The van der Waals surface area contributed by atoms with E-state index < -0.39 is 0 Å². The van der Waals surface area contributed by atoms with Gasteiger partial charge in [0.25, 0.3) is 0 Å². The van der Waals surface area contributed by atoms with Crippen molar-refractivity contribution in [1.82, 2.24) is 9.80 Å². The SMILES string of the molecule is CN(C)CCN(Cc1ccccc1)Cc1ccccc1O. The Kier molecular flexibility index (Phi) is 5.78. The predicted octanol–water partition coefficient (Wildman–Crippen LogP) is 2.96. The van der Waals surface area contributed by atoms with Crippen molar-refractivity contribution < 1.29 is 5.11 Å². The molecule has 0 saturated carbocycles. The highest BCUT2D eigenvalue weighted by molar-refractivity contribution is 5.31. The second kappa shape index (κ2) is 7.81.